The van der Waals surface area contributed by atoms with Crippen molar-refractivity contribution in [3.05, 3.63) is 28.8 Å². The zero-order valence-corrected chi connectivity index (χ0v) is 8.98. The van der Waals surface area contributed by atoms with Crippen LogP contribution in [0.2, 0.25) is 0 Å². The molecule has 15 heavy (non-hydrogen) atoms. The molecule has 1 N–H and O–H groups in total. The summed E-state index contributed by atoms with van der Waals surface area (Å²) in [6.07, 6.45) is 2.57. The minimum absolute atomic E-state index is 0.225. The van der Waals surface area contributed by atoms with Crippen molar-refractivity contribution in [1.82, 2.24) is 9.55 Å². The van der Waals surface area contributed by atoms with Gasteiger partial charge in [-0.2, -0.15) is 0 Å². The Hall–Kier alpha value is -1.16. The van der Waals surface area contributed by atoms with E-state index in [1.54, 1.807) is 6.07 Å². The quantitative estimate of drug-likeness (QED) is 0.773. The van der Waals surface area contributed by atoms with Crippen molar-refractivity contribution in [2.45, 2.75) is 19.4 Å². The largest absolute Gasteiger partial charge is 0.330 e. The fraction of sp³-hybridized carbons (Fsp3) is 0.364. The molecule has 0 unspecified atom stereocenters. The molecular formula is C11H11FN2S. The van der Waals surface area contributed by atoms with Crippen LogP contribution in [-0.4, -0.2) is 9.55 Å². The molecule has 1 aliphatic rings. The van der Waals surface area contributed by atoms with Gasteiger partial charge in [-0.25, -0.2) is 4.39 Å². The normalized spacial score (nSPS) is 16.1. The molecule has 78 valence electrons. The molecule has 0 bridgehead atoms. The summed E-state index contributed by atoms with van der Waals surface area (Å²) >= 11 is 5.23. The molecule has 1 fully saturated rings. The Bertz CT molecular complexity index is 565. The Balaban J connectivity index is 2.18. The first-order valence-electron chi connectivity index (χ1n) is 5.12. The molecule has 4 heteroatoms. The number of H-pyrrole nitrogens is 1. The van der Waals surface area contributed by atoms with E-state index in [9.17, 15) is 4.39 Å². The third-order valence-electron chi connectivity index (χ3n) is 2.87. The predicted molar refractivity (Wildman–Crippen MR) is 59.8 cm³/mol. The van der Waals surface area contributed by atoms with Gasteiger partial charge in [0, 0.05) is 6.54 Å². The van der Waals surface area contributed by atoms with Crippen LogP contribution in [0.4, 0.5) is 4.39 Å². The molecule has 0 radical (unpaired) electrons. The van der Waals surface area contributed by atoms with Crippen molar-refractivity contribution in [2.24, 2.45) is 5.92 Å². The van der Waals surface area contributed by atoms with E-state index in [-0.39, 0.29) is 5.82 Å². The number of aromatic amines is 1. The average molecular weight is 222 g/mol. The van der Waals surface area contributed by atoms with Crippen molar-refractivity contribution in [1.29, 1.82) is 0 Å². The molecule has 1 heterocycles. The third-order valence-corrected chi connectivity index (χ3v) is 3.20. The highest BCUT2D eigenvalue weighted by molar-refractivity contribution is 7.71. The summed E-state index contributed by atoms with van der Waals surface area (Å²) in [7, 11) is 0. The van der Waals surface area contributed by atoms with Crippen LogP contribution >= 0.6 is 12.2 Å². The van der Waals surface area contributed by atoms with Crippen molar-refractivity contribution < 1.29 is 4.39 Å². The van der Waals surface area contributed by atoms with Crippen LogP contribution in [0, 0.1) is 16.5 Å². The van der Waals surface area contributed by atoms with E-state index in [0.717, 1.165) is 23.5 Å². The molecule has 0 spiro atoms. The highest BCUT2D eigenvalue weighted by atomic mass is 32.1. The van der Waals surface area contributed by atoms with Crippen molar-refractivity contribution in [3.8, 4) is 0 Å². The molecule has 1 aromatic carbocycles. The number of imidazole rings is 1. The van der Waals surface area contributed by atoms with E-state index in [1.807, 2.05) is 0 Å². The first-order valence-corrected chi connectivity index (χ1v) is 5.53. The summed E-state index contributed by atoms with van der Waals surface area (Å²) in [4.78, 5) is 3.04. The molecule has 1 aliphatic carbocycles. The fourth-order valence-corrected chi connectivity index (χ4v) is 2.16. The average Bonchev–Trinajstić information content (AvgIpc) is 2.93. The van der Waals surface area contributed by atoms with Gasteiger partial charge in [0.25, 0.3) is 0 Å². The summed E-state index contributed by atoms with van der Waals surface area (Å²) in [5.41, 5.74) is 1.80. The van der Waals surface area contributed by atoms with Gasteiger partial charge in [-0.15, -0.1) is 0 Å². The van der Waals surface area contributed by atoms with Gasteiger partial charge in [0.05, 0.1) is 11.0 Å². The summed E-state index contributed by atoms with van der Waals surface area (Å²) in [6, 6.07) is 4.77. The molecule has 0 atom stereocenters. The first kappa shape index (κ1) is 9.09. The molecule has 2 aromatic rings. The standard InChI is InChI=1S/C11H11FN2S/c12-8-3-4-10-9(5-8)13-11(15)14(10)6-7-1-2-7/h3-5,7H,1-2,6H2,(H,13,15). The topological polar surface area (TPSA) is 20.7 Å². The minimum atomic E-state index is -0.225. The molecule has 2 nitrogen and oxygen atoms in total. The van der Waals surface area contributed by atoms with E-state index < -0.39 is 0 Å². The van der Waals surface area contributed by atoms with E-state index in [4.69, 9.17) is 12.2 Å². The Morgan fingerprint density at radius 3 is 3.00 bits per heavy atom. The molecule has 0 saturated heterocycles. The van der Waals surface area contributed by atoms with Crippen LogP contribution in [0.1, 0.15) is 12.8 Å². The number of hydrogen-bond acceptors (Lipinski definition) is 1. The maximum absolute atomic E-state index is 13.0. The van der Waals surface area contributed by atoms with Crippen LogP contribution in [0.3, 0.4) is 0 Å². The Morgan fingerprint density at radius 1 is 1.47 bits per heavy atom. The van der Waals surface area contributed by atoms with Gasteiger partial charge < -0.3 is 9.55 Å². The van der Waals surface area contributed by atoms with Crippen LogP contribution in [0.5, 0.6) is 0 Å². The van der Waals surface area contributed by atoms with Crippen molar-refractivity contribution in [3.63, 3.8) is 0 Å². The second-order valence-corrected chi connectivity index (χ2v) is 4.53. The minimum Gasteiger partial charge on any atom is -0.330 e. The number of fused-ring (bicyclic) bond motifs is 1. The lowest BCUT2D eigenvalue weighted by Crippen LogP contribution is -1.99. The van der Waals surface area contributed by atoms with Crippen LogP contribution in [-0.2, 0) is 6.54 Å². The number of aromatic nitrogens is 2. The van der Waals surface area contributed by atoms with Crippen molar-refractivity contribution >= 4 is 23.3 Å². The van der Waals surface area contributed by atoms with Gasteiger partial charge in [-0.05, 0) is 49.2 Å². The first-order chi connectivity index (χ1) is 7.24. The Labute approximate surface area is 91.7 Å². The second kappa shape index (κ2) is 3.17. The van der Waals surface area contributed by atoms with E-state index >= 15 is 0 Å². The molecule has 1 saturated carbocycles. The lowest BCUT2D eigenvalue weighted by atomic mass is 10.3. The molecule has 0 aliphatic heterocycles. The van der Waals surface area contributed by atoms with Gasteiger partial charge >= 0.3 is 0 Å². The molecular weight excluding hydrogens is 211 g/mol. The predicted octanol–water partition coefficient (Wildman–Crippen LogP) is 3.25. The van der Waals surface area contributed by atoms with E-state index in [2.05, 4.69) is 9.55 Å². The third kappa shape index (κ3) is 1.59. The SMILES string of the molecule is Fc1ccc2c(c1)[nH]c(=S)n2CC1CC1. The summed E-state index contributed by atoms with van der Waals surface area (Å²) in [5, 5.41) is 0. The Kier molecular flexibility index (Phi) is 1.92. The van der Waals surface area contributed by atoms with Gasteiger partial charge in [0.1, 0.15) is 5.82 Å². The lowest BCUT2D eigenvalue weighted by Gasteiger charge is -2.01. The van der Waals surface area contributed by atoms with Crippen LogP contribution in [0.15, 0.2) is 18.2 Å². The number of benzene rings is 1. The van der Waals surface area contributed by atoms with Gasteiger partial charge in [-0.3, -0.25) is 0 Å². The summed E-state index contributed by atoms with van der Waals surface area (Å²) < 4.78 is 15.8. The van der Waals surface area contributed by atoms with Crippen molar-refractivity contribution in [2.75, 3.05) is 0 Å². The maximum atomic E-state index is 13.0. The zero-order chi connectivity index (χ0) is 10.4. The smallest absolute Gasteiger partial charge is 0.178 e. The Morgan fingerprint density at radius 2 is 2.27 bits per heavy atom. The van der Waals surface area contributed by atoms with Crippen LogP contribution < -0.4 is 0 Å². The van der Waals surface area contributed by atoms with Gasteiger partial charge in [0.15, 0.2) is 4.77 Å². The van der Waals surface area contributed by atoms with Gasteiger partial charge in [-0.1, -0.05) is 0 Å². The highest BCUT2D eigenvalue weighted by Crippen LogP contribution is 2.31. The summed E-state index contributed by atoms with van der Waals surface area (Å²) in [5.74, 6) is 0.540. The van der Waals surface area contributed by atoms with E-state index in [0.29, 0.717) is 4.77 Å². The second-order valence-electron chi connectivity index (χ2n) is 4.15. The maximum Gasteiger partial charge on any atom is 0.178 e. The fourth-order valence-electron chi connectivity index (χ4n) is 1.88. The molecule has 0 amide bonds. The van der Waals surface area contributed by atoms with Gasteiger partial charge in [0.2, 0.25) is 0 Å². The number of nitrogens with zero attached hydrogens (tertiary/aromatic N) is 1. The molecule has 3 rings (SSSR count). The van der Waals surface area contributed by atoms with Crippen LogP contribution in [0.25, 0.3) is 11.0 Å². The number of nitrogens with one attached hydrogen (secondary N) is 1. The monoisotopic (exact) mass is 222 g/mol. The number of hydrogen-bond donors (Lipinski definition) is 1. The lowest BCUT2D eigenvalue weighted by molar-refractivity contribution is 0.627. The number of halogens is 1. The zero-order valence-electron chi connectivity index (χ0n) is 8.16. The number of rotatable bonds is 2. The molecule has 1 aromatic heterocycles. The van der Waals surface area contributed by atoms with E-state index in [1.165, 1.54) is 25.0 Å². The highest BCUT2D eigenvalue weighted by Gasteiger charge is 2.22. The summed E-state index contributed by atoms with van der Waals surface area (Å²) in [6.45, 7) is 0.963.